The van der Waals surface area contributed by atoms with Crippen molar-refractivity contribution in [2.45, 2.75) is 32.2 Å². The number of hydrogen-bond donors (Lipinski definition) is 0. The Morgan fingerprint density at radius 2 is 1.88 bits per heavy atom. The average Bonchev–Trinajstić information content (AvgIpc) is 3.30. The number of thiazole rings is 1. The van der Waals surface area contributed by atoms with Gasteiger partial charge in [-0.15, -0.1) is 0 Å². The third kappa shape index (κ3) is 4.80. The van der Waals surface area contributed by atoms with Gasteiger partial charge >= 0.3 is 0 Å². The maximum atomic E-state index is 13.7. The topological polar surface area (TPSA) is 85.2 Å². The Morgan fingerprint density at radius 3 is 2.55 bits per heavy atom. The second-order valence-electron chi connectivity index (χ2n) is 7.94. The Bertz CT molecular complexity index is 1470. The van der Waals surface area contributed by atoms with Crippen molar-refractivity contribution in [3.05, 3.63) is 70.0 Å². The molecule has 0 spiro atoms. The molecular formula is C23H23ClN4O3S2. The number of rotatable bonds is 6. The number of benzene rings is 2. The Kier molecular flexibility index (Phi) is 6.30. The number of amides is 1. The summed E-state index contributed by atoms with van der Waals surface area (Å²) in [6, 6.07) is 11.9. The molecule has 0 saturated heterocycles. The monoisotopic (exact) mass is 502 g/mol. The van der Waals surface area contributed by atoms with Crippen LogP contribution in [-0.2, 0) is 16.4 Å². The lowest BCUT2D eigenvalue weighted by atomic mass is 10.2. The van der Waals surface area contributed by atoms with Gasteiger partial charge in [-0.1, -0.05) is 35.1 Å². The first-order valence-corrected chi connectivity index (χ1v) is 13.3. The molecule has 2 aromatic heterocycles. The summed E-state index contributed by atoms with van der Waals surface area (Å²) in [6.07, 6.45) is 1.10. The number of anilines is 1. The van der Waals surface area contributed by atoms with Crippen molar-refractivity contribution in [1.29, 1.82) is 0 Å². The molecule has 0 N–H and O–H groups in total. The minimum atomic E-state index is -3.60. The molecule has 0 aliphatic heterocycles. The van der Waals surface area contributed by atoms with Crippen molar-refractivity contribution < 1.29 is 13.2 Å². The highest BCUT2D eigenvalue weighted by Crippen LogP contribution is 2.34. The van der Waals surface area contributed by atoms with Crippen LogP contribution in [0.1, 0.15) is 27.3 Å². The molecule has 2 heterocycles. The van der Waals surface area contributed by atoms with Gasteiger partial charge in [-0.25, -0.2) is 13.4 Å². The van der Waals surface area contributed by atoms with E-state index in [0.717, 1.165) is 33.4 Å². The van der Waals surface area contributed by atoms with Gasteiger partial charge in [0.2, 0.25) is 0 Å². The highest BCUT2D eigenvalue weighted by atomic mass is 35.5. The van der Waals surface area contributed by atoms with Gasteiger partial charge in [0.15, 0.2) is 15.0 Å². The molecule has 0 aliphatic rings. The van der Waals surface area contributed by atoms with Crippen molar-refractivity contribution in [3.63, 3.8) is 0 Å². The van der Waals surface area contributed by atoms with Crippen LogP contribution < -0.4 is 4.90 Å². The van der Waals surface area contributed by atoms with Crippen LogP contribution in [-0.4, -0.2) is 41.9 Å². The first kappa shape index (κ1) is 23.4. The SMILES string of the molecule is Cc1cc(C)n(CCN(C(=O)c2ccccc2S(C)(=O)=O)c2nc3c(C)cc(Cl)cc3s2)n1. The van der Waals surface area contributed by atoms with Gasteiger partial charge in [0.25, 0.3) is 5.91 Å². The number of nitrogens with zero attached hydrogens (tertiary/aromatic N) is 4. The van der Waals surface area contributed by atoms with Crippen LogP contribution in [0.4, 0.5) is 5.13 Å². The summed E-state index contributed by atoms with van der Waals surface area (Å²) in [5.41, 5.74) is 3.64. The summed E-state index contributed by atoms with van der Waals surface area (Å²) in [5, 5.41) is 5.55. The number of aryl methyl sites for hydroxylation is 3. The fourth-order valence-corrected chi connectivity index (χ4v) is 6.08. The molecule has 0 radical (unpaired) electrons. The number of fused-ring (bicyclic) bond motifs is 1. The molecule has 0 atom stereocenters. The second kappa shape index (κ2) is 8.89. The Hall–Kier alpha value is -2.75. The largest absolute Gasteiger partial charge is 0.282 e. The van der Waals surface area contributed by atoms with Gasteiger partial charge in [0.05, 0.1) is 32.9 Å². The van der Waals surface area contributed by atoms with Crippen molar-refractivity contribution in [2.24, 2.45) is 0 Å². The van der Waals surface area contributed by atoms with E-state index in [1.165, 1.54) is 28.4 Å². The van der Waals surface area contributed by atoms with Crippen LogP contribution in [0.5, 0.6) is 0 Å². The normalized spacial score (nSPS) is 11.8. The summed E-state index contributed by atoms with van der Waals surface area (Å²) >= 11 is 7.57. The van der Waals surface area contributed by atoms with Crippen molar-refractivity contribution in [1.82, 2.24) is 14.8 Å². The lowest BCUT2D eigenvalue weighted by molar-refractivity contribution is 0.0982. The molecule has 2 aromatic carbocycles. The van der Waals surface area contributed by atoms with E-state index in [9.17, 15) is 13.2 Å². The van der Waals surface area contributed by atoms with E-state index in [-0.39, 0.29) is 17.0 Å². The van der Waals surface area contributed by atoms with Crippen LogP contribution in [0.15, 0.2) is 47.4 Å². The van der Waals surface area contributed by atoms with Crippen molar-refractivity contribution >= 4 is 54.0 Å². The predicted molar refractivity (Wildman–Crippen MR) is 132 cm³/mol. The van der Waals surface area contributed by atoms with Crippen LogP contribution in [0.3, 0.4) is 0 Å². The summed E-state index contributed by atoms with van der Waals surface area (Å²) in [4.78, 5) is 20.0. The lowest BCUT2D eigenvalue weighted by Crippen LogP contribution is -2.35. The van der Waals surface area contributed by atoms with Crippen LogP contribution in [0, 0.1) is 20.8 Å². The number of carbonyl (C=O) groups is 1. The van der Waals surface area contributed by atoms with E-state index in [2.05, 4.69) is 5.10 Å². The summed E-state index contributed by atoms with van der Waals surface area (Å²) < 4.78 is 27.4. The van der Waals surface area contributed by atoms with Gasteiger partial charge in [-0.05, 0) is 56.7 Å². The van der Waals surface area contributed by atoms with Gasteiger partial charge in [-0.2, -0.15) is 5.10 Å². The number of carbonyl (C=O) groups excluding carboxylic acids is 1. The molecule has 33 heavy (non-hydrogen) atoms. The minimum Gasteiger partial charge on any atom is -0.282 e. The zero-order chi connectivity index (χ0) is 23.9. The molecule has 7 nitrogen and oxygen atoms in total. The highest BCUT2D eigenvalue weighted by molar-refractivity contribution is 7.90. The first-order chi connectivity index (χ1) is 15.5. The van der Waals surface area contributed by atoms with Gasteiger partial charge in [-0.3, -0.25) is 14.4 Å². The van der Waals surface area contributed by atoms with E-state index in [4.69, 9.17) is 16.6 Å². The van der Waals surface area contributed by atoms with Crippen LogP contribution >= 0.6 is 22.9 Å². The van der Waals surface area contributed by atoms with Gasteiger partial charge in [0, 0.05) is 23.5 Å². The molecule has 4 rings (SSSR count). The first-order valence-electron chi connectivity index (χ1n) is 10.2. The number of hydrogen-bond acceptors (Lipinski definition) is 6. The molecular weight excluding hydrogens is 480 g/mol. The average molecular weight is 503 g/mol. The van der Waals surface area contributed by atoms with Crippen LogP contribution in [0.25, 0.3) is 10.2 Å². The second-order valence-corrected chi connectivity index (χ2v) is 11.4. The molecule has 0 bridgehead atoms. The Balaban J connectivity index is 1.80. The smallest absolute Gasteiger partial charge is 0.261 e. The van der Waals surface area contributed by atoms with E-state index < -0.39 is 15.7 Å². The summed E-state index contributed by atoms with van der Waals surface area (Å²) in [7, 11) is -3.60. The molecule has 1 amide bonds. The summed E-state index contributed by atoms with van der Waals surface area (Å²) in [6.45, 7) is 6.48. The molecule has 10 heteroatoms. The quantitative estimate of drug-likeness (QED) is 0.377. The lowest BCUT2D eigenvalue weighted by Gasteiger charge is -2.21. The zero-order valence-corrected chi connectivity index (χ0v) is 21.1. The standard InChI is InChI=1S/C23H23ClN4O3S2/c1-14-11-17(24)13-19-21(14)25-23(32-19)27(9-10-28-16(3)12-15(2)26-28)22(29)18-7-5-6-8-20(18)33(4,30)31/h5-8,11-13H,9-10H2,1-4H3. The highest BCUT2D eigenvalue weighted by Gasteiger charge is 2.26. The molecule has 0 saturated carbocycles. The minimum absolute atomic E-state index is 0.00792. The van der Waals surface area contributed by atoms with E-state index in [1.54, 1.807) is 12.1 Å². The summed E-state index contributed by atoms with van der Waals surface area (Å²) in [5.74, 6) is -0.430. The molecule has 172 valence electrons. The molecule has 0 fully saturated rings. The number of halogens is 1. The maximum Gasteiger partial charge on any atom is 0.261 e. The van der Waals surface area contributed by atoms with E-state index in [1.807, 2.05) is 43.7 Å². The fourth-order valence-electron chi connectivity index (χ4n) is 3.75. The third-order valence-electron chi connectivity index (χ3n) is 5.27. The van der Waals surface area contributed by atoms with Crippen LogP contribution in [0.2, 0.25) is 5.02 Å². The van der Waals surface area contributed by atoms with E-state index >= 15 is 0 Å². The van der Waals surface area contributed by atoms with Crippen molar-refractivity contribution in [2.75, 3.05) is 17.7 Å². The van der Waals surface area contributed by atoms with Gasteiger partial charge in [0.1, 0.15) is 0 Å². The molecule has 0 aliphatic carbocycles. The zero-order valence-electron chi connectivity index (χ0n) is 18.7. The predicted octanol–water partition coefficient (Wildman–Crippen LogP) is 4.82. The Morgan fingerprint density at radius 1 is 1.15 bits per heavy atom. The van der Waals surface area contributed by atoms with E-state index in [0.29, 0.717) is 16.7 Å². The molecule has 0 unspecified atom stereocenters. The molecule has 4 aromatic rings. The maximum absolute atomic E-state index is 13.7. The third-order valence-corrected chi connectivity index (χ3v) is 7.67. The van der Waals surface area contributed by atoms with Gasteiger partial charge < -0.3 is 0 Å². The number of aromatic nitrogens is 3. The van der Waals surface area contributed by atoms with Crippen molar-refractivity contribution in [3.8, 4) is 0 Å². The fraction of sp³-hybridized carbons (Fsp3) is 0.261. The number of sulfone groups is 1. The Labute approximate surface area is 201 Å².